The molecule has 80 valence electrons. The van der Waals surface area contributed by atoms with Crippen LogP contribution >= 0.6 is 0 Å². The highest BCUT2D eigenvalue weighted by atomic mass is 19.2. The number of hydrogen-bond acceptors (Lipinski definition) is 1. The highest BCUT2D eigenvalue weighted by Gasteiger charge is 2.50. The summed E-state index contributed by atoms with van der Waals surface area (Å²) in [4.78, 5) is 0. The normalized spacial score (nSPS) is 27.7. The topological polar surface area (TPSA) is 3.01 Å². The van der Waals surface area contributed by atoms with E-state index in [2.05, 4.69) is 0 Å². The Hall–Kier alpha value is -1.67. The van der Waals surface area contributed by atoms with Crippen LogP contribution in [0.2, 0.25) is 0 Å². The van der Waals surface area contributed by atoms with Crippen molar-refractivity contribution in [1.82, 2.24) is 5.12 Å². The van der Waals surface area contributed by atoms with Crippen molar-refractivity contribution in [2.75, 3.05) is 0 Å². The van der Waals surface area contributed by atoms with E-state index in [1.807, 2.05) is 60.7 Å². The SMILES string of the molecule is FN1[C@H](c2ccccc2)[C@@H]1c1ccccc1. The zero-order valence-electron chi connectivity index (χ0n) is 8.75. The number of nitrogens with zero attached hydrogens (tertiary/aromatic N) is 1. The summed E-state index contributed by atoms with van der Waals surface area (Å²) in [6.07, 6.45) is 0. The molecule has 0 bridgehead atoms. The maximum Gasteiger partial charge on any atom is 0.0882 e. The van der Waals surface area contributed by atoms with Gasteiger partial charge in [0.2, 0.25) is 0 Å². The summed E-state index contributed by atoms with van der Waals surface area (Å²) in [5.74, 6) is 0. The van der Waals surface area contributed by atoms with Crippen LogP contribution in [-0.2, 0) is 0 Å². The quantitative estimate of drug-likeness (QED) is 0.543. The highest BCUT2D eigenvalue weighted by Crippen LogP contribution is 2.54. The summed E-state index contributed by atoms with van der Waals surface area (Å²) in [5, 5.41) is 0.907. The first-order valence-electron chi connectivity index (χ1n) is 5.42. The molecule has 0 amide bonds. The fourth-order valence-corrected chi connectivity index (χ4v) is 2.15. The van der Waals surface area contributed by atoms with Crippen molar-refractivity contribution in [2.45, 2.75) is 12.1 Å². The number of benzene rings is 2. The van der Waals surface area contributed by atoms with Crippen LogP contribution in [0.5, 0.6) is 0 Å². The molecule has 3 atom stereocenters. The Morgan fingerprint density at radius 2 is 1.06 bits per heavy atom. The average molecular weight is 213 g/mol. The van der Waals surface area contributed by atoms with Gasteiger partial charge < -0.3 is 0 Å². The van der Waals surface area contributed by atoms with Gasteiger partial charge in [-0.2, -0.15) is 0 Å². The lowest BCUT2D eigenvalue weighted by Crippen LogP contribution is -1.82. The molecule has 2 aromatic rings. The predicted octanol–water partition coefficient (Wildman–Crippen LogP) is 3.67. The molecule has 1 heterocycles. The molecule has 0 spiro atoms. The molecule has 0 saturated carbocycles. The summed E-state index contributed by atoms with van der Waals surface area (Å²) in [7, 11) is 0. The first-order chi connectivity index (χ1) is 7.88. The molecule has 1 unspecified atom stereocenters. The number of halogens is 1. The van der Waals surface area contributed by atoms with Crippen molar-refractivity contribution >= 4 is 0 Å². The summed E-state index contributed by atoms with van der Waals surface area (Å²) >= 11 is 0. The minimum absolute atomic E-state index is 0.108. The Balaban J connectivity index is 1.87. The van der Waals surface area contributed by atoms with E-state index in [9.17, 15) is 4.48 Å². The van der Waals surface area contributed by atoms with Crippen molar-refractivity contribution in [1.29, 1.82) is 0 Å². The lowest BCUT2D eigenvalue weighted by Gasteiger charge is -1.96. The van der Waals surface area contributed by atoms with Gasteiger partial charge in [-0.15, -0.1) is 9.60 Å². The molecular weight excluding hydrogens is 201 g/mol. The van der Waals surface area contributed by atoms with E-state index in [1.54, 1.807) is 0 Å². The monoisotopic (exact) mass is 213 g/mol. The molecular formula is C14H12FN. The molecule has 2 heteroatoms. The van der Waals surface area contributed by atoms with Crippen LogP contribution < -0.4 is 0 Å². The summed E-state index contributed by atoms with van der Waals surface area (Å²) in [6, 6.07) is 19.4. The maximum atomic E-state index is 13.6. The molecule has 1 aliphatic rings. The summed E-state index contributed by atoms with van der Waals surface area (Å²) < 4.78 is 13.6. The van der Waals surface area contributed by atoms with E-state index in [-0.39, 0.29) is 12.1 Å². The Kier molecular flexibility index (Phi) is 2.22. The van der Waals surface area contributed by atoms with Gasteiger partial charge in [-0.1, -0.05) is 60.7 Å². The van der Waals surface area contributed by atoms with Crippen LogP contribution in [0, 0.1) is 0 Å². The van der Waals surface area contributed by atoms with Crippen molar-refractivity contribution < 1.29 is 4.48 Å². The van der Waals surface area contributed by atoms with Crippen molar-refractivity contribution in [3.63, 3.8) is 0 Å². The average Bonchev–Trinajstić information content (AvgIpc) is 3.03. The van der Waals surface area contributed by atoms with Crippen LogP contribution in [0.1, 0.15) is 23.2 Å². The highest BCUT2D eigenvalue weighted by molar-refractivity contribution is 5.33. The van der Waals surface area contributed by atoms with E-state index in [0.29, 0.717) is 0 Å². The molecule has 0 radical (unpaired) electrons. The smallest absolute Gasteiger partial charge is 0.0882 e. The molecule has 16 heavy (non-hydrogen) atoms. The van der Waals surface area contributed by atoms with Crippen LogP contribution in [0.25, 0.3) is 0 Å². The van der Waals surface area contributed by atoms with E-state index in [4.69, 9.17) is 0 Å². The second kappa shape index (κ2) is 3.72. The minimum Gasteiger partial charge on any atom is -0.133 e. The molecule has 1 saturated heterocycles. The Morgan fingerprint density at radius 3 is 1.44 bits per heavy atom. The van der Waals surface area contributed by atoms with Gasteiger partial charge in [0.05, 0.1) is 12.1 Å². The number of hydrogen-bond donors (Lipinski definition) is 0. The van der Waals surface area contributed by atoms with Gasteiger partial charge >= 0.3 is 0 Å². The van der Waals surface area contributed by atoms with Gasteiger partial charge in [0.25, 0.3) is 0 Å². The first kappa shape index (κ1) is 9.55. The van der Waals surface area contributed by atoms with Gasteiger partial charge in [-0.05, 0) is 11.1 Å². The standard InChI is InChI=1S/C14H12FN/c15-16-13(11-7-3-1-4-8-11)14(16)12-9-5-2-6-10-12/h1-10,13-14H/t13-,14+,16?. The fourth-order valence-electron chi connectivity index (χ4n) is 2.15. The fraction of sp³-hybridized carbons (Fsp3) is 0.143. The zero-order valence-corrected chi connectivity index (χ0v) is 8.75. The van der Waals surface area contributed by atoms with E-state index >= 15 is 0 Å². The zero-order chi connectivity index (χ0) is 11.0. The Morgan fingerprint density at radius 1 is 0.688 bits per heavy atom. The van der Waals surface area contributed by atoms with Gasteiger partial charge in [-0.25, -0.2) is 0 Å². The van der Waals surface area contributed by atoms with Gasteiger partial charge in [-0.3, -0.25) is 0 Å². The second-order valence-electron chi connectivity index (χ2n) is 4.06. The molecule has 0 aliphatic carbocycles. The third-order valence-corrected chi connectivity index (χ3v) is 3.02. The molecule has 1 fully saturated rings. The maximum absolute atomic E-state index is 13.6. The molecule has 1 nitrogen and oxygen atoms in total. The molecule has 1 aliphatic heterocycles. The van der Waals surface area contributed by atoms with E-state index in [1.165, 1.54) is 0 Å². The van der Waals surface area contributed by atoms with E-state index in [0.717, 1.165) is 16.2 Å². The van der Waals surface area contributed by atoms with Gasteiger partial charge in [0, 0.05) is 0 Å². The predicted molar refractivity (Wildman–Crippen MR) is 61.3 cm³/mol. The minimum atomic E-state index is -0.108. The van der Waals surface area contributed by atoms with Crippen LogP contribution in [0.15, 0.2) is 60.7 Å². The van der Waals surface area contributed by atoms with Crippen molar-refractivity contribution in [3.8, 4) is 0 Å². The largest absolute Gasteiger partial charge is 0.133 e. The third-order valence-electron chi connectivity index (χ3n) is 3.02. The van der Waals surface area contributed by atoms with E-state index < -0.39 is 0 Å². The summed E-state index contributed by atoms with van der Waals surface area (Å²) in [6.45, 7) is 0. The molecule has 0 aromatic heterocycles. The molecule has 0 N–H and O–H groups in total. The van der Waals surface area contributed by atoms with Gasteiger partial charge in [0.15, 0.2) is 0 Å². The van der Waals surface area contributed by atoms with Crippen molar-refractivity contribution in [3.05, 3.63) is 71.8 Å². The lowest BCUT2D eigenvalue weighted by molar-refractivity contribution is 0.150. The third kappa shape index (κ3) is 1.51. The summed E-state index contributed by atoms with van der Waals surface area (Å²) in [5.41, 5.74) is 2.08. The first-order valence-corrected chi connectivity index (χ1v) is 5.42. The number of rotatable bonds is 2. The lowest BCUT2D eigenvalue weighted by atomic mass is 10.0. The van der Waals surface area contributed by atoms with Gasteiger partial charge in [0.1, 0.15) is 0 Å². The Labute approximate surface area is 94.1 Å². The molecule has 2 aromatic carbocycles. The van der Waals surface area contributed by atoms with Crippen molar-refractivity contribution in [2.24, 2.45) is 0 Å². The Bertz CT molecular complexity index is 423. The molecule has 3 rings (SSSR count). The van der Waals surface area contributed by atoms with Crippen LogP contribution in [0.4, 0.5) is 4.48 Å². The van der Waals surface area contributed by atoms with Crippen LogP contribution in [-0.4, -0.2) is 5.12 Å². The second-order valence-corrected chi connectivity index (χ2v) is 4.06. The van der Waals surface area contributed by atoms with Crippen LogP contribution in [0.3, 0.4) is 0 Å².